The first-order valence-electron chi connectivity index (χ1n) is 6.58. The quantitative estimate of drug-likeness (QED) is 0.478. The molecule has 1 amide bonds. The lowest BCUT2D eigenvalue weighted by Gasteiger charge is -2.09. The summed E-state index contributed by atoms with van der Waals surface area (Å²) in [6.45, 7) is 1.89. The molecule has 0 spiro atoms. The van der Waals surface area contributed by atoms with Crippen molar-refractivity contribution in [1.29, 1.82) is 0 Å². The molecule has 1 heterocycles. The number of benzene rings is 1. The zero-order chi connectivity index (χ0) is 15.2. The van der Waals surface area contributed by atoms with Crippen LogP contribution in [-0.4, -0.2) is 31.9 Å². The van der Waals surface area contributed by atoms with Crippen LogP contribution in [0.2, 0.25) is 0 Å². The molecule has 0 aliphatic carbocycles. The molecule has 112 valence electrons. The van der Waals surface area contributed by atoms with Gasteiger partial charge in [-0.05, 0) is 41.5 Å². The van der Waals surface area contributed by atoms with Crippen molar-refractivity contribution in [3.8, 4) is 0 Å². The zero-order valence-electron chi connectivity index (χ0n) is 12.0. The van der Waals surface area contributed by atoms with E-state index in [-0.39, 0.29) is 5.91 Å². The largest absolute Gasteiger partial charge is 0.398 e. The van der Waals surface area contributed by atoms with Gasteiger partial charge >= 0.3 is 0 Å². The minimum atomic E-state index is -0.0135. The number of hydrogen-bond donors (Lipinski definition) is 2. The molecule has 0 saturated heterocycles. The van der Waals surface area contributed by atoms with Crippen LogP contribution in [0.5, 0.6) is 0 Å². The minimum absolute atomic E-state index is 0.0135. The number of nitrogens with zero attached hydrogens (tertiary/aromatic N) is 4. The lowest BCUT2D eigenvalue weighted by Crippen LogP contribution is -2.13. The lowest BCUT2D eigenvalue weighted by atomic mass is 10.1. The van der Waals surface area contributed by atoms with Crippen LogP contribution in [0, 0.1) is 6.92 Å². The molecule has 1 aromatic carbocycles. The minimum Gasteiger partial charge on any atom is -0.398 e. The topological polar surface area (TPSA) is 98.7 Å². The van der Waals surface area contributed by atoms with Crippen LogP contribution in [0.3, 0.4) is 0 Å². The smallest absolute Gasteiger partial charge is 0.224 e. The van der Waals surface area contributed by atoms with Crippen molar-refractivity contribution in [2.75, 3.05) is 16.8 Å². The number of aryl methyl sites for hydroxylation is 1. The highest BCUT2D eigenvalue weighted by Crippen LogP contribution is 2.21. The maximum absolute atomic E-state index is 11.9. The molecule has 0 atom stereocenters. The average molecular weight is 306 g/mol. The number of nitrogens with two attached hydrogens (primary N) is 1. The van der Waals surface area contributed by atoms with Crippen molar-refractivity contribution >= 4 is 29.0 Å². The number of amides is 1. The van der Waals surface area contributed by atoms with Crippen LogP contribution < -0.4 is 11.1 Å². The van der Waals surface area contributed by atoms with E-state index in [0.29, 0.717) is 12.1 Å². The number of nitrogens with one attached hydrogen (secondary N) is 1. The Morgan fingerprint density at radius 3 is 3.00 bits per heavy atom. The van der Waals surface area contributed by atoms with Gasteiger partial charge in [-0.1, -0.05) is 17.8 Å². The highest BCUT2D eigenvalue weighted by Gasteiger charge is 2.07. The van der Waals surface area contributed by atoms with Gasteiger partial charge in [-0.3, -0.25) is 4.79 Å². The summed E-state index contributed by atoms with van der Waals surface area (Å²) in [6, 6.07) is 5.50. The standard InChI is InChI=1S/C13H18N6OS/c1-9-10(14)5-3-6-11(9)15-12(20)7-4-8-21-13-16-17-18-19(13)2/h3,5-6H,4,7-8,14H2,1-2H3,(H,15,20). The molecule has 3 N–H and O–H groups in total. The van der Waals surface area contributed by atoms with Crippen LogP contribution in [0.25, 0.3) is 0 Å². The molecule has 21 heavy (non-hydrogen) atoms. The van der Waals surface area contributed by atoms with E-state index in [0.717, 1.165) is 28.6 Å². The third-order valence-electron chi connectivity index (χ3n) is 3.01. The first-order chi connectivity index (χ1) is 10.1. The zero-order valence-corrected chi connectivity index (χ0v) is 12.9. The number of hydrogen-bond acceptors (Lipinski definition) is 6. The monoisotopic (exact) mass is 306 g/mol. The molecule has 0 bridgehead atoms. The molecule has 1 aromatic heterocycles. The van der Waals surface area contributed by atoms with Crippen LogP contribution in [-0.2, 0) is 11.8 Å². The molecule has 2 aromatic rings. The summed E-state index contributed by atoms with van der Waals surface area (Å²) in [7, 11) is 1.79. The number of carbonyl (C=O) groups excluding carboxylic acids is 1. The molecule has 8 heteroatoms. The molecule has 0 unspecified atom stereocenters. The van der Waals surface area contributed by atoms with E-state index >= 15 is 0 Å². The Bertz CT molecular complexity index is 627. The summed E-state index contributed by atoms with van der Waals surface area (Å²) in [5.41, 5.74) is 8.15. The molecule has 2 rings (SSSR count). The number of aromatic nitrogens is 4. The first-order valence-corrected chi connectivity index (χ1v) is 7.56. The third kappa shape index (κ3) is 4.19. The summed E-state index contributed by atoms with van der Waals surface area (Å²) in [4.78, 5) is 11.9. The fourth-order valence-corrected chi connectivity index (χ4v) is 2.53. The molecule has 0 saturated carbocycles. The van der Waals surface area contributed by atoms with E-state index in [1.54, 1.807) is 11.7 Å². The van der Waals surface area contributed by atoms with Gasteiger partial charge in [-0.25, -0.2) is 4.68 Å². The highest BCUT2D eigenvalue weighted by atomic mass is 32.2. The second-order valence-electron chi connectivity index (χ2n) is 4.61. The van der Waals surface area contributed by atoms with E-state index < -0.39 is 0 Å². The fourth-order valence-electron chi connectivity index (χ4n) is 1.74. The van der Waals surface area contributed by atoms with Crippen molar-refractivity contribution in [3.05, 3.63) is 23.8 Å². The summed E-state index contributed by atoms with van der Waals surface area (Å²) in [5.74, 6) is 0.776. The van der Waals surface area contributed by atoms with Gasteiger partial charge in [0.1, 0.15) is 0 Å². The van der Waals surface area contributed by atoms with Crippen LogP contribution >= 0.6 is 11.8 Å². The fraction of sp³-hybridized carbons (Fsp3) is 0.385. The first kappa shape index (κ1) is 15.3. The molecule has 0 radical (unpaired) electrons. The Kier molecular flexibility index (Phi) is 5.15. The third-order valence-corrected chi connectivity index (χ3v) is 4.11. The Morgan fingerprint density at radius 2 is 2.29 bits per heavy atom. The normalized spacial score (nSPS) is 10.6. The van der Waals surface area contributed by atoms with E-state index in [4.69, 9.17) is 5.73 Å². The number of tetrazole rings is 1. The summed E-state index contributed by atoms with van der Waals surface area (Å²) < 4.78 is 1.61. The van der Waals surface area contributed by atoms with E-state index in [1.807, 2.05) is 25.1 Å². The number of thioether (sulfide) groups is 1. The van der Waals surface area contributed by atoms with E-state index in [2.05, 4.69) is 20.8 Å². The molecule has 0 aliphatic heterocycles. The van der Waals surface area contributed by atoms with Crippen LogP contribution in [0.1, 0.15) is 18.4 Å². The SMILES string of the molecule is Cc1c(N)cccc1NC(=O)CCCSc1nnnn1C. The Labute approximate surface area is 127 Å². The predicted octanol–water partition coefficient (Wildman–Crippen LogP) is 1.61. The van der Waals surface area contributed by atoms with Crippen molar-refractivity contribution in [1.82, 2.24) is 20.2 Å². The van der Waals surface area contributed by atoms with Gasteiger partial charge in [0.05, 0.1) is 0 Å². The van der Waals surface area contributed by atoms with Crippen LogP contribution in [0.4, 0.5) is 11.4 Å². The van der Waals surface area contributed by atoms with Gasteiger partial charge in [-0.2, -0.15) is 0 Å². The second-order valence-corrected chi connectivity index (χ2v) is 5.67. The summed E-state index contributed by atoms with van der Waals surface area (Å²) >= 11 is 1.53. The summed E-state index contributed by atoms with van der Waals surface area (Å²) in [5, 5.41) is 14.8. The summed E-state index contributed by atoms with van der Waals surface area (Å²) in [6.07, 6.45) is 1.21. The maximum Gasteiger partial charge on any atom is 0.224 e. The molecular weight excluding hydrogens is 288 g/mol. The number of carbonyl (C=O) groups is 1. The molecule has 0 fully saturated rings. The number of rotatable bonds is 6. The molecule has 0 aliphatic rings. The molecular formula is C13H18N6OS. The van der Waals surface area contributed by atoms with Gasteiger partial charge < -0.3 is 11.1 Å². The Morgan fingerprint density at radius 1 is 1.48 bits per heavy atom. The number of nitrogen functional groups attached to an aromatic ring is 1. The predicted molar refractivity (Wildman–Crippen MR) is 83.0 cm³/mol. The van der Waals surface area contributed by atoms with Crippen molar-refractivity contribution in [2.45, 2.75) is 24.9 Å². The van der Waals surface area contributed by atoms with E-state index in [9.17, 15) is 4.79 Å². The van der Waals surface area contributed by atoms with Crippen molar-refractivity contribution in [3.63, 3.8) is 0 Å². The number of anilines is 2. The van der Waals surface area contributed by atoms with Crippen LogP contribution in [0.15, 0.2) is 23.4 Å². The van der Waals surface area contributed by atoms with Crippen molar-refractivity contribution in [2.24, 2.45) is 7.05 Å². The molecule has 7 nitrogen and oxygen atoms in total. The van der Waals surface area contributed by atoms with Gasteiger partial charge in [-0.15, -0.1) is 5.10 Å². The highest BCUT2D eigenvalue weighted by molar-refractivity contribution is 7.99. The van der Waals surface area contributed by atoms with Crippen molar-refractivity contribution < 1.29 is 4.79 Å². The lowest BCUT2D eigenvalue weighted by molar-refractivity contribution is -0.116. The van der Waals surface area contributed by atoms with Gasteiger partial charge in [0.15, 0.2) is 0 Å². The van der Waals surface area contributed by atoms with Gasteiger partial charge in [0, 0.05) is 30.6 Å². The maximum atomic E-state index is 11.9. The van der Waals surface area contributed by atoms with Gasteiger partial charge in [0.25, 0.3) is 0 Å². The Hall–Kier alpha value is -2.09. The average Bonchev–Trinajstić information content (AvgIpc) is 2.86. The van der Waals surface area contributed by atoms with Gasteiger partial charge in [0.2, 0.25) is 11.1 Å². The second kappa shape index (κ2) is 7.07. The van der Waals surface area contributed by atoms with E-state index in [1.165, 1.54) is 11.8 Å². The Balaban J connectivity index is 1.75.